The van der Waals surface area contributed by atoms with Gasteiger partial charge in [-0.05, 0) is 97.2 Å². The average molecular weight is 572 g/mol. The van der Waals surface area contributed by atoms with E-state index in [-0.39, 0.29) is 12.1 Å². The van der Waals surface area contributed by atoms with Crippen LogP contribution in [0.25, 0.3) is 5.69 Å². The zero-order valence-electron chi connectivity index (χ0n) is 23.0. The van der Waals surface area contributed by atoms with Crippen LogP contribution < -0.4 is 19.9 Å². The van der Waals surface area contributed by atoms with Gasteiger partial charge < -0.3 is 24.4 Å². The molecule has 4 aromatic rings. The van der Waals surface area contributed by atoms with Gasteiger partial charge in [0, 0.05) is 42.6 Å². The fourth-order valence-corrected chi connectivity index (χ4v) is 6.95. The normalized spacial score (nSPS) is 22.9. The quantitative estimate of drug-likeness (QED) is 0.247. The number of aromatic nitrogens is 2. The molecule has 0 spiro atoms. The smallest absolute Gasteiger partial charge is 0.174 e. The predicted molar refractivity (Wildman–Crippen MR) is 167 cm³/mol. The third-order valence-corrected chi connectivity index (χ3v) is 8.57. The highest BCUT2D eigenvalue weighted by molar-refractivity contribution is 7.80. The summed E-state index contributed by atoms with van der Waals surface area (Å²) in [5.74, 6) is 2.11. The molecule has 1 N–H and O–H groups in total. The van der Waals surface area contributed by atoms with E-state index >= 15 is 0 Å². The van der Waals surface area contributed by atoms with Gasteiger partial charge in [-0.15, -0.1) is 0 Å². The van der Waals surface area contributed by atoms with Crippen LogP contribution in [0.2, 0.25) is 5.02 Å². The second kappa shape index (κ2) is 11.1. The Morgan fingerprint density at radius 3 is 2.38 bits per heavy atom. The summed E-state index contributed by atoms with van der Waals surface area (Å²) in [5.41, 5.74) is 5.10. The Morgan fingerprint density at radius 1 is 0.950 bits per heavy atom. The fraction of sp³-hybridized carbons (Fsp3) is 0.312. The number of nitrogens with one attached hydrogen (secondary N) is 1. The van der Waals surface area contributed by atoms with Crippen molar-refractivity contribution in [2.24, 2.45) is 11.8 Å². The van der Waals surface area contributed by atoms with Crippen LogP contribution in [0.3, 0.4) is 0 Å². The number of benzene rings is 2. The van der Waals surface area contributed by atoms with Gasteiger partial charge in [-0.1, -0.05) is 31.5 Å². The molecule has 8 heteroatoms. The molecule has 2 fully saturated rings. The number of nitrogens with zero attached hydrogens (tertiary/aromatic N) is 4. The zero-order valence-corrected chi connectivity index (χ0v) is 24.6. The molecule has 0 amide bonds. The number of hydrogen-bond acceptors (Lipinski definition) is 4. The highest BCUT2D eigenvalue weighted by Crippen LogP contribution is 2.44. The monoisotopic (exact) mass is 571 g/mol. The number of anilines is 2. The van der Waals surface area contributed by atoms with Crippen molar-refractivity contribution in [3.63, 3.8) is 0 Å². The lowest BCUT2D eigenvalue weighted by molar-refractivity contribution is 0.357. The van der Waals surface area contributed by atoms with Gasteiger partial charge in [-0.3, -0.25) is 4.98 Å². The van der Waals surface area contributed by atoms with Gasteiger partial charge in [0.2, 0.25) is 0 Å². The van der Waals surface area contributed by atoms with E-state index in [0.29, 0.717) is 16.9 Å². The topological polar surface area (TPSA) is 45.6 Å². The lowest BCUT2D eigenvalue weighted by Gasteiger charge is -2.37. The average Bonchev–Trinajstić information content (AvgIpc) is 3.57. The third kappa shape index (κ3) is 5.04. The largest absolute Gasteiger partial charge is 0.497 e. The maximum absolute atomic E-state index is 7.00. The lowest BCUT2D eigenvalue weighted by atomic mass is 9.91. The minimum atomic E-state index is -0.156. The summed E-state index contributed by atoms with van der Waals surface area (Å²) >= 11 is 13.0. The molecule has 0 radical (unpaired) electrons. The summed E-state index contributed by atoms with van der Waals surface area (Å²) in [4.78, 5) is 9.31. The van der Waals surface area contributed by atoms with Crippen molar-refractivity contribution in [3.8, 4) is 11.4 Å². The standard InChI is InChI=1S/C32H34ClN5OS/c1-21-17-22(2)20-36(19-21)28-14-11-24(18-26(28)33)38-31(30(35-32(38)40)27-7-4-5-15-34-27)29-8-6-16-37(29)23-9-12-25(39-3)13-10-23/h4-16,18,21-22,30-31H,17,19-20H2,1-3H3,(H,35,40). The molecule has 4 unspecified atom stereocenters. The number of thiocarbonyl (C=S) groups is 1. The summed E-state index contributed by atoms with van der Waals surface area (Å²) in [7, 11) is 1.68. The van der Waals surface area contributed by atoms with E-state index in [9.17, 15) is 0 Å². The highest BCUT2D eigenvalue weighted by Gasteiger charge is 2.42. The van der Waals surface area contributed by atoms with Crippen molar-refractivity contribution in [2.75, 3.05) is 30.0 Å². The van der Waals surface area contributed by atoms with Gasteiger partial charge in [0.05, 0.1) is 29.6 Å². The van der Waals surface area contributed by atoms with E-state index in [1.54, 1.807) is 7.11 Å². The molecule has 2 saturated heterocycles. The van der Waals surface area contributed by atoms with Crippen molar-refractivity contribution >= 4 is 40.3 Å². The number of pyridine rings is 1. The Labute approximate surface area is 246 Å². The van der Waals surface area contributed by atoms with Crippen LogP contribution in [0.4, 0.5) is 11.4 Å². The Bertz CT molecular complexity index is 1480. The van der Waals surface area contributed by atoms with E-state index in [1.165, 1.54) is 6.42 Å². The summed E-state index contributed by atoms with van der Waals surface area (Å²) in [6, 6.07) is 24.4. The first kappa shape index (κ1) is 26.7. The molecular formula is C32H34ClN5OS. The number of rotatable bonds is 6. The molecule has 2 aromatic carbocycles. The molecule has 6 rings (SSSR count). The summed E-state index contributed by atoms with van der Waals surface area (Å²) in [6.07, 6.45) is 5.17. The first-order valence-corrected chi connectivity index (χ1v) is 14.6. The first-order valence-electron chi connectivity index (χ1n) is 13.8. The Morgan fingerprint density at radius 2 is 1.70 bits per heavy atom. The van der Waals surface area contributed by atoms with Crippen LogP contribution in [0, 0.1) is 11.8 Å². The maximum Gasteiger partial charge on any atom is 0.174 e. The van der Waals surface area contributed by atoms with E-state index in [2.05, 4.69) is 82.2 Å². The summed E-state index contributed by atoms with van der Waals surface area (Å²) in [5, 5.41) is 4.96. The molecule has 0 bridgehead atoms. The number of ether oxygens (including phenoxy) is 1. The van der Waals surface area contributed by atoms with Gasteiger partial charge >= 0.3 is 0 Å². The van der Waals surface area contributed by atoms with Crippen LogP contribution >= 0.6 is 23.8 Å². The van der Waals surface area contributed by atoms with E-state index in [0.717, 1.165) is 52.3 Å². The van der Waals surface area contributed by atoms with Gasteiger partial charge in [0.1, 0.15) is 11.8 Å². The van der Waals surface area contributed by atoms with Crippen molar-refractivity contribution in [1.29, 1.82) is 0 Å². The number of piperidine rings is 1. The van der Waals surface area contributed by atoms with E-state index < -0.39 is 0 Å². The second-order valence-electron chi connectivity index (χ2n) is 11.0. The van der Waals surface area contributed by atoms with Gasteiger partial charge in [-0.25, -0.2) is 0 Å². The number of methoxy groups -OCH3 is 1. The Hall–Kier alpha value is -3.55. The van der Waals surface area contributed by atoms with Gasteiger partial charge in [0.25, 0.3) is 0 Å². The molecule has 0 saturated carbocycles. The van der Waals surface area contributed by atoms with Gasteiger partial charge in [-0.2, -0.15) is 0 Å². The second-order valence-corrected chi connectivity index (χ2v) is 11.8. The molecular weight excluding hydrogens is 538 g/mol. The van der Waals surface area contributed by atoms with E-state index in [4.69, 9.17) is 33.5 Å². The molecule has 206 valence electrons. The number of hydrogen-bond donors (Lipinski definition) is 1. The number of halogens is 1. The predicted octanol–water partition coefficient (Wildman–Crippen LogP) is 7.19. The lowest BCUT2D eigenvalue weighted by Crippen LogP contribution is -2.38. The minimum Gasteiger partial charge on any atom is -0.497 e. The highest BCUT2D eigenvalue weighted by atomic mass is 35.5. The van der Waals surface area contributed by atoms with Crippen molar-refractivity contribution in [3.05, 3.63) is 102 Å². The molecule has 0 aliphatic carbocycles. The molecule has 6 nitrogen and oxygen atoms in total. The Kier molecular flexibility index (Phi) is 7.43. The fourth-order valence-electron chi connectivity index (χ4n) is 6.31. The van der Waals surface area contributed by atoms with Crippen LogP contribution in [0.5, 0.6) is 5.75 Å². The maximum atomic E-state index is 7.00. The zero-order chi connectivity index (χ0) is 27.8. The molecule has 4 atom stereocenters. The third-order valence-electron chi connectivity index (χ3n) is 7.95. The van der Waals surface area contributed by atoms with Crippen LogP contribution in [0.1, 0.15) is 43.7 Å². The van der Waals surface area contributed by atoms with Crippen LogP contribution in [0.15, 0.2) is 85.2 Å². The van der Waals surface area contributed by atoms with Crippen molar-refractivity contribution < 1.29 is 4.74 Å². The minimum absolute atomic E-state index is 0.150. The van der Waals surface area contributed by atoms with Crippen LogP contribution in [-0.2, 0) is 0 Å². The van der Waals surface area contributed by atoms with Gasteiger partial charge in [0.15, 0.2) is 5.11 Å². The first-order chi connectivity index (χ1) is 19.4. The Balaban J connectivity index is 1.41. The molecule has 4 heterocycles. The van der Waals surface area contributed by atoms with Crippen molar-refractivity contribution in [2.45, 2.75) is 32.4 Å². The molecule has 2 aromatic heterocycles. The molecule has 40 heavy (non-hydrogen) atoms. The van der Waals surface area contributed by atoms with Crippen LogP contribution in [-0.4, -0.2) is 34.9 Å². The summed E-state index contributed by atoms with van der Waals surface area (Å²) < 4.78 is 7.59. The summed E-state index contributed by atoms with van der Waals surface area (Å²) in [6.45, 7) is 6.68. The SMILES string of the molecule is COc1ccc(-n2cccc2C2C(c3ccccn3)NC(=S)N2c2ccc(N3CC(C)CC(C)C3)c(Cl)c2)cc1. The van der Waals surface area contributed by atoms with E-state index in [1.807, 2.05) is 36.5 Å². The molecule has 2 aliphatic heterocycles. The molecule has 2 aliphatic rings. The van der Waals surface area contributed by atoms with Crippen molar-refractivity contribution in [1.82, 2.24) is 14.9 Å².